The van der Waals surface area contributed by atoms with Crippen molar-refractivity contribution >= 4 is 57.8 Å². The lowest BCUT2D eigenvalue weighted by atomic mass is 10.0. The molecule has 16 nitrogen and oxygen atoms in total. The molecule has 3 fully saturated rings. The lowest BCUT2D eigenvalue weighted by molar-refractivity contribution is -0.150. The molecule has 1 aromatic rings. The van der Waals surface area contributed by atoms with E-state index in [0.29, 0.717) is 43.6 Å². The molecule has 0 aliphatic carbocycles. The number of nitroso groups, excluding NO2 is 1. The molecule has 3 amide bonds. The minimum absolute atomic E-state index is 0.0487. The van der Waals surface area contributed by atoms with Crippen LogP contribution in [0.5, 0.6) is 0 Å². The molecule has 0 spiro atoms. The van der Waals surface area contributed by atoms with Crippen LogP contribution in [-0.4, -0.2) is 107 Å². The number of fused-ring (bicyclic) bond motifs is 1. The van der Waals surface area contributed by atoms with Gasteiger partial charge in [0.15, 0.2) is 5.13 Å². The highest BCUT2D eigenvalue weighted by atomic mass is 32.2. The van der Waals surface area contributed by atoms with Crippen molar-refractivity contribution in [3.05, 3.63) is 33.7 Å². The van der Waals surface area contributed by atoms with E-state index in [9.17, 15) is 34.4 Å². The van der Waals surface area contributed by atoms with Crippen LogP contribution < -0.4 is 11.1 Å². The third-order valence-corrected chi connectivity index (χ3v) is 8.50. The number of anilines is 1. The second-order valence-corrected chi connectivity index (χ2v) is 10.7. The molecule has 5 heterocycles. The summed E-state index contributed by atoms with van der Waals surface area (Å²) < 4.78 is 3.81. The van der Waals surface area contributed by atoms with Crippen LogP contribution in [-0.2, 0) is 19.2 Å². The number of aromatic nitrogens is 2. The standard InChI is InChI=1S/C20H21N9O7S2/c21-20-23-14(25-38-20)11(24-35)15(30)22-12-17(32)29-13(19(33)34)9(7-37-18(12)29)5-8-1-4-28(16(8)31)10-2-3-27(6-10)26-36/h5,10,12,18,35H,1-4,6-7H2,(H,22,30)(H,33,34)(H2,21,23,25)/b8-5?,24-11-/t10-,12-,18-/m1/s1. The number of amides is 3. The second kappa shape index (κ2) is 10.0. The Balaban J connectivity index is 1.32. The number of likely N-dealkylation sites (tertiary alicyclic amines) is 1. The Labute approximate surface area is 222 Å². The molecule has 0 saturated carbocycles. The Bertz CT molecular complexity index is 1330. The van der Waals surface area contributed by atoms with Crippen molar-refractivity contribution in [2.75, 3.05) is 31.1 Å². The fourth-order valence-electron chi connectivity index (χ4n) is 4.87. The zero-order valence-electron chi connectivity index (χ0n) is 19.5. The fourth-order valence-corrected chi connectivity index (χ4v) is 6.61. The summed E-state index contributed by atoms with van der Waals surface area (Å²) in [5.41, 5.74) is 5.43. The number of nitrogen functional groups attached to an aromatic ring is 1. The Morgan fingerprint density at radius 3 is 2.68 bits per heavy atom. The van der Waals surface area contributed by atoms with Gasteiger partial charge >= 0.3 is 5.97 Å². The van der Waals surface area contributed by atoms with E-state index in [0.717, 1.165) is 16.4 Å². The Hall–Kier alpha value is -4.06. The molecule has 38 heavy (non-hydrogen) atoms. The highest BCUT2D eigenvalue weighted by Gasteiger charge is 2.54. The average Bonchev–Trinajstić information content (AvgIpc) is 3.63. The molecule has 5 N–H and O–H groups in total. The predicted octanol–water partition coefficient (Wildman–Crippen LogP) is -1.05. The van der Waals surface area contributed by atoms with Gasteiger partial charge in [-0.25, -0.2) is 4.79 Å². The molecule has 1 aromatic heterocycles. The van der Waals surface area contributed by atoms with Crippen LogP contribution in [0.1, 0.15) is 18.7 Å². The molecule has 0 aromatic carbocycles. The number of thioether (sulfide) groups is 1. The number of carbonyl (C=O) groups is 4. The maximum atomic E-state index is 13.0. The summed E-state index contributed by atoms with van der Waals surface area (Å²) in [6.07, 6.45) is 2.54. The molecule has 3 saturated heterocycles. The number of aliphatic carboxylic acids is 1. The molecular weight excluding hydrogens is 542 g/mol. The van der Waals surface area contributed by atoms with Crippen molar-refractivity contribution in [3.8, 4) is 0 Å². The van der Waals surface area contributed by atoms with Gasteiger partial charge in [0.25, 0.3) is 11.8 Å². The van der Waals surface area contributed by atoms with Crippen molar-refractivity contribution in [1.29, 1.82) is 0 Å². The highest BCUT2D eigenvalue weighted by molar-refractivity contribution is 8.00. The number of nitrogens with two attached hydrogens (primary N) is 1. The van der Waals surface area contributed by atoms with E-state index in [-0.39, 0.29) is 34.4 Å². The quantitative estimate of drug-likeness (QED) is 0.0779. The largest absolute Gasteiger partial charge is 0.477 e. The molecular formula is C20H21N9O7S2. The van der Waals surface area contributed by atoms with Gasteiger partial charge in [-0.05, 0) is 24.5 Å². The van der Waals surface area contributed by atoms with Crippen LogP contribution in [0.3, 0.4) is 0 Å². The fraction of sp³-hybridized carbons (Fsp3) is 0.450. The SMILES string of the molecule is Nc1nc(/C(=N/O)C(=O)N[C@@H]2C(=O)N3C(C(=O)O)=C(C=C4CCN([C@@H]5CCN(N=O)C5)C4=O)CS[C@H]23)ns1. The van der Waals surface area contributed by atoms with Gasteiger partial charge in [0.2, 0.25) is 17.4 Å². The van der Waals surface area contributed by atoms with Crippen LogP contribution in [0.15, 0.2) is 33.4 Å². The van der Waals surface area contributed by atoms with Gasteiger partial charge in [-0.3, -0.25) is 24.3 Å². The smallest absolute Gasteiger partial charge is 0.352 e. The number of carboxylic acids is 1. The molecule has 0 bridgehead atoms. The molecule has 4 aliphatic heterocycles. The van der Waals surface area contributed by atoms with Crippen LogP contribution in [0.25, 0.3) is 0 Å². The number of allylic oxidation sites excluding steroid dienone is 1. The number of rotatable bonds is 7. The van der Waals surface area contributed by atoms with E-state index >= 15 is 0 Å². The molecule has 4 aliphatic rings. The zero-order valence-corrected chi connectivity index (χ0v) is 21.1. The summed E-state index contributed by atoms with van der Waals surface area (Å²) in [5.74, 6) is -3.21. The summed E-state index contributed by atoms with van der Waals surface area (Å²) in [6, 6.07) is -1.22. The highest BCUT2D eigenvalue weighted by Crippen LogP contribution is 2.41. The van der Waals surface area contributed by atoms with Crippen molar-refractivity contribution < 1.29 is 29.5 Å². The number of β-lactam (4-membered cyclic amide) rings is 1. The third-order valence-electron chi connectivity index (χ3n) is 6.66. The van der Waals surface area contributed by atoms with Crippen LogP contribution in [0, 0.1) is 4.91 Å². The van der Waals surface area contributed by atoms with Gasteiger partial charge in [0.1, 0.15) is 17.1 Å². The number of carbonyl (C=O) groups excluding carboxylic acids is 3. The van der Waals surface area contributed by atoms with E-state index < -0.39 is 34.9 Å². The van der Waals surface area contributed by atoms with Crippen LogP contribution in [0.4, 0.5) is 5.13 Å². The molecule has 3 atom stereocenters. The summed E-state index contributed by atoms with van der Waals surface area (Å²) in [4.78, 5) is 68.1. The second-order valence-electron chi connectivity index (χ2n) is 8.80. The number of nitrogens with zero attached hydrogens (tertiary/aromatic N) is 7. The van der Waals surface area contributed by atoms with Gasteiger partial charge < -0.3 is 26.3 Å². The maximum absolute atomic E-state index is 13.0. The maximum Gasteiger partial charge on any atom is 0.352 e. The van der Waals surface area contributed by atoms with Gasteiger partial charge in [-0.15, -0.1) is 16.7 Å². The molecule has 18 heteroatoms. The Kier molecular flexibility index (Phi) is 6.74. The van der Waals surface area contributed by atoms with Crippen molar-refractivity contribution in [2.24, 2.45) is 10.4 Å². The van der Waals surface area contributed by atoms with Gasteiger partial charge in [-0.2, -0.15) is 9.36 Å². The van der Waals surface area contributed by atoms with Crippen molar-refractivity contribution in [1.82, 2.24) is 29.5 Å². The lowest BCUT2D eigenvalue weighted by Gasteiger charge is -2.49. The summed E-state index contributed by atoms with van der Waals surface area (Å²) in [7, 11) is 0. The molecule has 0 unspecified atom stereocenters. The van der Waals surface area contributed by atoms with E-state index in [1.54, 1.807) is 4.90 Å². The topological polar surface area (TPSA) is 224 Å². The van der Waals surface area contributed by atoms with E-state index in [1.807, 2.05) is 0 Å². The number of oxime groups is 1. The predicted molar refractivity (Wildman–Crippen MR) is 133 cm³/mol. The van der Waals surface area contributed by atoms with Crippen molar-refractivity contribution in [3.63, 3.8) is 0 Å². The summed E-state index contributed by atoms with van der Waals surface area (Å²) >= 11 is 2.01. The monoisotopic (exact) mass is 563 g/mol. The van der Waals surface area contributed by atoms with Crippen LogP contribution >= 0.6 is 23.3 Å². The number of nitrogens with one attached hydrogen (secondary N) is 1. The number of carboxylic acid groups (broad SMARTS) is 1. The minimum Gasteiger partial charge on any atom is -0.477 e. The van der Waals surface area contributed by atoms with E-state index in [1.165, 1.54) is 22.8 Å². The molecule has 5 rings (SSSR count). The average molecular weight is 564 g/mol. The molecule has 0 radical (unpaired) electrons. The van der Waals surface area contributed by atoms with Gasteiger partial charge in [-0.1, -0.05) is 5.16 Å². The number of hydrogen-bond donors (Lipinski definition) is 4. The first-order chi connectivity index (χ1) is 18.2. The lowest BCUT2D eigenvalue weighted by Crippen LogP contribution is -2.71. The summed E-state index contributed by atoms with van der Waals surface area (Å²) in [6.45, 7) is 1.27. The van der Waals surface area contributed by atoms with Crippen molar-refractivity contribution in [2.45, 2.75) is 30.3 Å². The first kappa shape index (κ1) is 25.6. The van der Waals surface area contributed by atoms with Gasteiger partial charge in [0.05, 0.1) is 17.9 Å². The summed E-state index contributed by atoms with van der Waals surface area (Å²) in [5, 5.41) is 28.1. The Morgan fingerprint density at radius 1 is 1.26 bits per heavy atom. The van der Waals surface area contributed by atoms with Crippen LogP contribution in [0.2, 0.25) is 0 Å². The first-order valence-electron chi connectivity index (χ1n) is 11.4. The minimum atomic E-state index is -1.34. The Morgan fingerprint density at radius 2 is 2.05 bits per heavy atom. The zero-order chi connectivity index (χ0) is 27.1. The first-order valence-corrected chi connectivity index (χ1v) is 13.2. The number of hydrogen-bond acceptors (Lipinski definition) is 13. The third kappa shape index (κ3) is 4.34. The van der Waals surface area contributed by atoms with Gasteiger partial charge in [0, 0.05) is 35.9 Å². The normalized spacial score (nSPS) is 26.6. The van der Waals surface area contributed by atoms with E-state index in [4.69, 9.17) is 5.73 Å². The molecule has 200 valence electrons. The van der Waals surface area contributed by atoms with E-state index in [2.05, 4.69) is 25.1 Å².